The summed E-state index contributed by atoms with van der Waals surface area (Å²) in [6.07, 6.45) is 2.41. The molecule has 0 aromatic heterocycles. The summed E-state index contributed by atoms with van der Waals surface area (Å²) in [4.78, 5) is 13.7. The molecule has 1 fully saturated rings. The first kappa shape index (κ1) is 16.1. The molecule has 0 radical (unpaired) electrons. The first-order chi connectivity index (χ1) is 10.1. The van der Waals surface area contributed by atoms with Crippen molar-refractivity contribution in [3.05, 3.63) is 33.8 Å². The van der Waals surface area contributed by atoms with E-state index in [-0.39, 0.29) is 18.5 Å². The van der Waals surface area contributed by atoms with Gasteiger partial charge < -0.3 is 10.2 Å². The number of halogens is 2. The third kappa shape index (κ3) is 4.34. The van der Waals surface area contributed by atoms with E-state index in [0.717, 1.165) is 24.8 Å². The maximum Gasteiger partial charge on any atom is 0.237 e. The Bertz CT molecular complexity index is 556. The number of carbonyl (C=O) groups excluding carboxylic acids is 1. The minimum Gasteiger partial charge on any atom is -0.326 e. The molecule has 1 aliphatic rings. The lowest BCUT2D eigenvalue weighted by molar-refractivity contribution is -0.130. The van der Waals surface area contributed by atoms with Crippen molar-refractivity contribution in [3.63, 3.8) is 0 Å². The number of benzene rings is 1. The third-order valence-electron chi connectivity index (χ3n) is 3.58. The van der Waals surface area contributed by atoms with E-state index in [1.807, 2.05) is 6.07 Å². The second kappa shape index (κ2) is 7.65. The highest BCUT2D eigenvalue weighted by molar-refractivity contribution is 6.35. The van der Waals surface area contributed by atoms with Crippen LogP contribution in [0.5, 0.6) is 0 Å². The monoisotopic (exact) mass is 325 g/mol. The Morgan fingerprint density at radius 1 is 1.48 bits per heavy atom. The van der Waals surface area contributed by atoms with Crippen molar-refractivity contribution in [3.8, 4) is 6.07 Å². The molecule has 0 bridgehead atoms. The molecule has 1 aromatic carbocycles. The lowest BCUT2D eigenvalue weighted by Gasteiger charge is -2.19. The van der Waals surface area contributed by atoms with Gasteiger partial charge in [-0.05, 0) is 43.5 Å². The van der Waals surface area contributed by atoms with Crippen LogP contribution in [0.25, 0.3) is 0 Å². The average molecular weight is 326 g/mol. The van der Waals surface area contributed by atoms with Crippen LogP contribution < -0.4 is 5.32 Å². The number of carbonyl (C=O) groups is 1. The minimum absolute atomic E-state index is 0.0127. The molecular weight excluding hydrogens is 309 g/mol. The molecule has 1 N–H and O–H groups in total. The summed E-state index contributed by atoms with van der Waals surface area (Å²) in [5, 5.41) is 13.3. The highest BCUT2D eigenvalue weighted by atomic mass is 35.5. The fourth-order valence-electron chi connectivity index (χ4n) is 2.44. The summed E-state index contributed by atoms with van der Waals surface area (Å²) in [6, 6.07) is 7.32. The van der Waals surface area contributed by atoms with Gasteiger partial charge in [0.05, 0.1) is 12.6 Å². The van der Waals surface area contributed by atoms with Crippen LogP contribution in [0.15, 0.2) is 18.2 Å². The summed E-state index contributed by atoms with van der Waals surface area (Å²) in [6.45, 7) is 1.59. The lowest BCUT2D eigenvalue weighted by Crippen LogP contribution is -2.41. The Balaban J connectivity index is 1.74. The smallest absolute Gasteiger partial charge is 0.237 e. The first-order valence-electron chi connectivity index (χ1n) is 6.95. The second-order valence-corrected chi connectivity index (χ2v) is 5.88. The van der Waals surface area contributed by atoms with E-state index in [0.29, 0.717) is 23.1 Å². The Labute approximate surface area is 134 Å². The molecular formula is C15H17Cl2N3O. The molecule has 1 aromatic rings. The van der Waals surface area contributed by atoms with Crippen LogP contribution in [0.4, 0.5) is 0 Å². The Morgan fingerprint density at radius 2 is 2.29 bits per heavy atom. The SMILES string of the molecule is N#CC1CCCN1C(=O)CNCCc1ccc(Cl)cc1Cl. The molecule has 1 unspecified atom stereocenters. The maximum atomic E-state index is 12.0. The zero-order chi connectivity index (χ0) is 15.2. The van der Waals surface area contributed by atoms with Crippen LogP contribution in [-0.4, -0.2) is 36.5 Å². The number of likely N-dealkylation sites (tertiary alicyclic amines) is 1. The average Bonchev–Trinajstić information content (AvgIpc) is 2.93. The number of amides is 1. The summed E-state index contributed by atoms with van der Waals surface area (Å²) in [7, 11) is 0. The Kier molecular flexibility index (Phi) is 5.86. The fraction of sp³-hybridized carbons (Fsp3) is 0.467. The van der Waals surface area contributed by atoms with E-state index < -0.39 is 0 Å². The van der Waals surface area contributed by atoms with E-state index in [2.05, 4.69) is 11.4 Å². The molecule has 1 atom stereocenters. The summed E-state index contributed by atoms with van der Waals surface area (Å²) >= 11 is 11.9. The molecule has 112 valence electrons. The van der Waals surface area contributed by atoms with Crippen LogP contribution in [0.2, 0.25) is 10.0 Å². The number of nitriles is 1. The van der Waals surface area contributed by atoms with Crippen molar-refractivity contribution in [2.24, 2.45) is 0 Å². The fourth-order valence-corrected chi connectivity index (χ4v) is 2.95. The van der Waals surface area contributed by atoms with Gasteiger partial charge in [-0.25, -0.2) is 0 Å². The van der Waals surface area contributed by atoms with Crippen molar-refractivity contribution in [1.82, 2.24) is 10.2 Å². The summed E-state index contributed by atoms with van der Waals surface area (Å²) in [5.41, 5.74) is 0.997. The molecule has 0 saturated carbocycles. The number of rotatable bonds is 5. The molecule has 1 heterocycles. The summed E-state index contributed by atoms with van der Waals surface area (Å²) < 4.78 is 0. The first-order valence-corrected chi connectivity index (χ1v) is 7.71. The highest BCUT2D eigenvalue weighted by Gasteiger charge is 2.27. The zero-order valence-electron chi connectivity index (χ0n) is 11.6. The quantitative estimate of drug-likeness (QED) is 0.847. The van der Waals surface area contributed by atoms with Crippen LogP contribution in [0.1, 0.15) is 18.4 Å². The van der Waals surface area contributed by atoms with E-state index >= 15 is 0 Å². The van der Waals surface area contributed by atoms with E-state index in [1.54, 1.807) is 17.0 Å². The zero-order valence-corrected chi connectivity index (χ0v) is 13.1. The van der Waals surface area contributed by atoms with Gasteiger partial charge in [0.15, 0.2) is 0 Å². The molecule has 0 aliphatic carbocycles. The molecule has 1 saturated heterocycles. The van der Waals surface area contributed by atoms with E-state index in [4.69, 9.17) is 28.5 Å². The van der Waals surface area contributed by atoms with Gasteiger partial charge >= 0.3 is 0 Å². The summed E-state index contributed by atoms with van der Waals surface area (Å²) in [5.74, 6) is -0.0127. The van der Waals surface area contributed by atoms with Crippen molar-refractivity contribution in [1.29, 1.82) is 5.26 Å². The predicted molar refractivity (Wildman–Crippen MR) is 83.4 cm³/mol. The lowest BCUT2D eigenvalue weighted by atomic mass is 10.1. The molecule has 2 rings (SSSR count). The minimum atomic E-state index is -0.259. The predicted octanol–water partition coefficient (Wildman–Crippen LogP) is 2.64. The number of hydrogen-bond acceptors (Lipinski definition) is 3. The van der Waals surface area contributed by atoms with Crippen LogP contribution in [0, 0.1) is 11.3 Å². The highest BCUT2D eigenvalue weighted by Crippen LogP contribution is 2.21. The molecule has 6 heteroatoms. The standard InChI is InChI=1S/C15H17Cl2N3O/c16-12-4-3-11(14(17)8-12)5-6-19-10-15(21)20-7-1-2-13(20)9-18/h3-4,8,13,19H,1-2,5-7,10H2. The molecule has 0 spiro atoms. The molecule has 4 nitrogen and oxygen atoms in total. The van der Waals surface area contributed by atoms with E-state index in [1.165, 1.54) is 0 Å². The van der Waals surface area contributed by atoms with Crippen molar-refractivity contribution < 1.29 is 4.79 Å². The van der Waals surface area contributed by atoms with Gasteiger partial charge in [0.2, 0.25) is 5.91 Å². The van der Waals surface area contributed by atoms with Crippen LogP contribution in [0.3, 0.4) is 0 Å². The maximum absolute atomic E-state index is 12.0. The van der Waals surface area contributed by atoms with Gasteiger partial charge in [-0.3, -0.25) is 4.79 Å². The van der Waals surface area contributed by atoms with Gasteiger partial charge in [-0.15, -0.1) is 0 Å². The molecule has 21 heavy (non-hydrogen) atoms. The Morgan fingerprint density at radius 3 is 3.00 bits per heavy atom. The van der Waals surface area contributed by atoms with Crippen molar-refractivity contribution in [2.75, 3.05) is 19.6 Å². The van der Waals surface area contributed by atoms with Crippen LogP contribution in [-0.2, 0) is 11.2 Å². The van der Waals surface area contributed by atoms with Gasteiger partial charge in [0, 0.05) is 16.6 Å². The van der Waals surface area contributed by atoms with Gasteiger partial charge in [-0.1, -0.05) is 29.3 Å². The van der Waals surface area contributed by atoms with E-state index in [9.17, 15) is 4.79 Å². The van der Waals surface area contributed by atoms with Gasteiger partial charge in [0.25, 0.3) is 0 Å². The van der Waals surface area contributed by atoms with Gasteiger partial charge in [0.1, 0.15) is 6.04 Å². The number of nitrogens with zero attached hydrogens (tertiary/aromatic N) is 2. The number of nitrogens with one attached hydrogen (secondary N) is 1. The van der Waals surface area contributed by atoms with Crippen molar-refractivity contribution >= 4 is 29.1 Å². The van der Waals surface area contributed by atoms with Crippen LogP contribution >= 0.6 is 23.2 Å². The normalized spacial score (nSPS) is 17.8. The topological polar surface area (TPSA) is 56.1 Å². The molecule has 1 amide bonds. The Hall–Kier alpha value is -1.28. The number of hydrogen-bond donors (Lipinski definition) is 1. The van der Waals surface area contributed by atoms with Gasteiger partial charge in [-0.2, -0.15) is 5.26 Å². The second-order valence-electron chi connectivity index (χ2n) is 5.04. The largest absolute Gasteiger partial charge is 0.326 e. The molecule has 1 aliphatic heterocycles. The third-order valence-corrected chi connectivity index (χ3v) is 4.17. The van der Waals surface area contributed by atoms with Crippen molar-refractivity contribution in [2.45, 2.75) is 25.3 Å².